The van der Waals surface area contributed by atoms with Gasteiger partial charge in [0.1, 0.15) is 5.69 Å². The van der Waals surface area contributed by atoms with Crippen molar-refractivity contribution < 1.29 is 17.9 Å². The van der Waals surface area contributed by atoms with Crippen LogP contribution in [0.25, 0.3) is 0 Å². The number of hydrogen-bond acceptors (Lipinski definition) is 5. The number of nitriles is 1. The summed E-state index contributed by atoms with van der Waals surface area (Å²) in [6.07, 6.45) is -3.39. The summed E-state index contributed by atoms with van der Waals surface area (Å²) in [4.78, 5) is 4.86. The summed E-state index contributed by atoms with van der Waals surface area (Å²) in [5.74, 6) is 0. The number of halogens is 3. The van der Waals surface area contributed by atoms with E-state index < -0.39 is 11.9 Å². The molecule has 0 aliphatic heterocycles. The maximum Gasteiger partial charge on any atom is 0.433 e. The third-order valence-corrected chi connectivity index (χ3v) is 2.60. The molecule has 8 heteroatoms. The van der Waals surface area contributed by atoms with Gasteiger partial charge in [0.2, 0.25) is 0 Å². The fourth-order valence-electron chi connectivity index (χ4n) is 1.62. The molecule has 1 aromatic rings. The zero-order chi connectivity index (χ0) is 15.2. The molecule has 5 nitrogen and oxygen atoms in total. The van der Waals surface area contributed by atoms with Crippen LogP contribution in [-0.2, 0) is 10.9 Å². The third-order valence-electron chi connectivity index (χ3n) is 2.60. The Morgan fingerprint density at radius 1 is 1.45 bits per heavy atom. The molecule has 1 heterocycles. The van der Waals surface area contributed by atoms with Crippen LogP contribution in [0.2, 0.25) is 0 Å². The topological polar surface area (TPSA) is 75.2 Å². The predicted molar refractivity (Wildman–Crippen MR) is 68.0 cm³/mol. The third kappa shape index (κ3) is 4.28. The summed E-state index contributed by atoms with van der Waals surface area (Å²) in [5.41, 5.74) is 5.01. The first-order chi connectivity index (χ1) is 9.40. The van der Waals surface area contributed by atoms with E-state index >= 15 is 0 Å². The van der Waals surface area contributed by atoms with Crippen molar-refractivity contribution in [2.24, 2.45) is 0 Å². The van der Waals surface area contributed by atoms with Crippen LogP contribution in [0.4, 0.5) is 24.5 Å². The van der Waals surface area contributed by atoms with Gasteiger partial charge in [0.25, 0.3) is 0 Å². The van der Waals surface area contributed by atoms with Crippen LogP contribution < -0.4 is 10.6 Å². The largest absolute Gasteiger partial charge is 0.433 e. The van der Waals surface area contributed by atoms with Crippen molar-refractivity contribution in [3.05, 3.63) is 18.0 Å². The smallest absolute Gasteiger partial charge is 0.396 e. The molecule has 0 bridgehead atoms. The maximum atomic E-state index is 12.7. The van der Waals surface area contributed by atoms with Crippen molar-refractivity contribution in [1.82, 2.24) is 4.98 Å². The van der Waals surface area contributed by atoms with E-state index in [2.05, 4.69) is 4.98 Å². The number of nitrogens with two attached hydrogens (primary N) is 1. The summed E-state index contributed by atoms with van der Waals surface area (Å²) in [5, 5.41) is 8.61. The second kappa shape index (κ2) is 6.96. The van der Waals surface area contributed by atoms with E-state index in [4.69, 9.17) is 15.7 Å². The van der Waals surface area contributed by atoms with Gasteiger partial charge in [-0.2, -0.15) is 18.4 Å². The van der Waals surface area contributed by atoms with Crippen molar-refractivity contribution in [2.75, 3.05) is 37.4 Å². The number of alkyl halides is 3. The lowest BCUT2D eigenvalue weighted by Gasteiger charge is -2.25. The molecule has 110 valence electrons. The number of ether oxygens (including phenoxy) is 1. The monoisotopic (exact) mass is 288 g/mol. The fraction of sp³-hybridized carbons (Fsp3) is 0.500. The number of aromatic nitrogens is 1. The van der Waals surface area contributed by atoms with Gasteiger partial charge in [-0.3, -0.25) is 0 Å². The van der Waals surface area contributed by atoms with Gasteiger partial charge < -0.3 is 15.4 Å². The number of nitrogens with zero attached hydrogens (tertiary/aromatic N) is 3. The molecule has 0 fully saturated rings. The van der Waals surface area contributed by atoms with E-state index in [1.807, 2.05) is 6.07 Å². The Balaban J connectivity index is 3.07. The maximum absolute atomic E-state index is 12.7. The molecule has 0 saturated carbocycles. The van der Waals surface area contributed by atoms with Gasteiger partial charge in [0.15, 0.2) is 0 Å². The molecule has 2 N–H and O–H groups in total. The standard InChI is InChI=1S/C12H15F3N4O/c1-20-6-5-19(4-2-3-16)10-7-11(12(13,14)15)18-8-9(10)17/h7-8H,2,4-6,17H2,1H3. The molecule has 0 aliphatic carbocycles. The van der Waals surface area contributed by atoms with Gasteiger partial charge >= 0.3 is 6.18 Å². The Morgan fingerprint density at radius 2 is 2.15 bits per heavy atom. The minimum Gasteiger partial charge on any atom is -0.396 e. The molecule has 1 rings (SSSR count). The number of hydrogen-bond donors (Lipinski definition) is 1. The Labute approximate surface area is 114 Å². The normalized spacial score (nSPS) is 11.2. The van der Waals surface area contributed by atoms with E-state index in [1.54, 1.807) is 4.90 Å². The summed E-state index contributed by atoms with van der Waals surface area (Å²) >= 11 is 0. The molecule has 0 unspecified atom stereocenters. The molecule has 0 atom stereocenters. The van der Waals surface area contributed by atoms with Crippen molar-refractivity contribution in [2.45, 2.75) is 12.6 Å². The zero-order valence-corrected chi connectivity index (χ0v) is 10.9. The average molecular weight is 288 g/mol. The van der Waals surface area contributed by atoms with Crippen LogP contribution in [-0.4, -0.2) is 31.8 Å². The SMILES string of the molecule is COCCN(CCC#N)c1cc(C(F)(F)F)ncc1N. The second-order valence-corrected chi connectivity index (χ2v) is 4.01. The summed E-state index contributed by atoms with van der Waals surface area (Å²) < 4.78 is 42.9. The van der Waals surface area contributed by atoms with E-state index in [1.165, 1.54) is 7.11 Å². The molecule has 20 heavy (non-hydrogen) atoms. The lowest BCUT2D eigenvalue weighted by atomic mass is 10.2. The van der Waals surface area contributed by atoms with E-state index in [0.29, 0.717) is 13.2 Å². The second-order valence-electron chi connectivity index (χ2n) is 4.01. The molecule has 0 amide bonds. The Bertz CT molecular complexity index is 485. The number of rotatable bonds is 6. The van der Waals surface area contributed by atoms with Gasteiger partial charge in [-0.05, 0) is 6.07 Å². The first-order valence-corrected chi connectivity index (χ1v) is 5.83. The van der Waals surface area contributed by atoms with Gasteiger partial charge in [0, 0.05) is 20.2 Å². The lowest BCUT2D eigenvalue weighted by Crippen LogP contribution is -2.29. The van der Waals surface area contributed by atoms with Crippen LogP contribution in [0.3, 0.4) is 0 Å². The van der Waals surface area contributed by atoms with Crippen molar-refractivity contribution >= 4 is 11.4 Å². The van der Waals surface area contributed by atoms with Crippen molar-refractivity contribution in [3.8, 4) is 6.07 Å². The predicted octanol–water partition coefficient (Wildman–Crippen LogP) is 2.05. The summed E-state index contributed by atoms with van der Waals surface area (Å²) in [7, 11) is 1.49. The van der Waals surface area contributed by atoms with Crippen LogP contribution in [0.15, 0.2) is 12.3 Å². The van der Waals surface area contributed by atoms with Gasteiger partial charge in [-0.25, -0.2) is 4.98 Å². The molecule has 0 spiro atoms. The highest BCUT2D eigenvalue weighted by Crippen LogP contribution is 2.32. The number of methoxy groups -OCH3 is 1. The molecule has 0 saturated heterocycles. The number of pyridine rings is 1. The lowest BCUT2D eigenvalue weighted by molar-refractivity contribution is -0.141. The minimum atomic E-state index is -4.54. The highest BCUT2D eigenvalue weighted by molar-refractivity contribution is 5.67. The Kier molecular flexibility index (Phi) is 5.58. The molecule has 0 aliphatic rings. The van der Waals surface area contributed by atoms with E-state index in [-0.39, 0.29) is 24.3 Å². The minimum absolute atomic E-state index is 0.132. The number of nitrogen functional groups attached to an aromatic ring is 1. The van der Waals surface area contributed by atoms with Gasteiger partial charge in [0.05, 0.1) is 36.7 Å². The fourth-order valence-corrected chi connectivity index (χ4v) is 1.62. The molecule has 0 aromatic carbocycles. The van der Waals surface area contributed by atoms with Crippen LogP contribution >= 0.6 is 0 Å². The zero-order valence-electron chi connectivity index (χ0n) is 10.9. The molecule has 1 aromatic heterocycles. The Hall–Kier alpha value is -2.01. The molecular weight excluding hydrogens is 273 g/mol. The summed E-state index contributed by atoms with van der Waals surface area (Å²) in [6.45, 7) is 0.920. The number of anilines is 2. The molecular formula is C12H15F3N4O. The van der Waals surface area contributed by atoms with Crippen LogP contribution in [0, 0.1) is 11.3 Å². The highest BCUT2D eigenvalue weighted by Gasteiger charge is 2.33. The van der Waals surface area contributed by atoms with Crippen LogP contribution in [0.5, 0.6) is 0 Å². The quantitative estimate of drug-likeness (QED) is 0.867. The average Bonchev–Trinajstić information content (AvgIpc) is 2.39. The van der Waals surface area contributed by atoms with Crippen molar-refractivity contribution in [3.63, 3.8) is 0 Å². The van der Waals surface area contributed by atoms with Gasteiger partial charge in [-0.1, -0.05) is 0 Å². The van der Waals surface area contributed by atoms with Crippen LogP contribution in [0.1, 0.15) is 12.1 Å². The van der Waals surface area contributed by atoms with Gasteiger partial charge in [-0.15, -0.1) is 0 Å². The van der Waals surface area contributed by atoms with Crippen molar-refractivity contribution in [1.29, 1.82) is 5.26 Å². The van der Waals surface area contributed by atoms with E-state index in [0.717, 1.165) is 12.3 Å². The van der Waals surface area contributed by atoms with E-state index in [9.17, 15) is 13.2 Å². The Morgan fingerprint density at radius 3 is 2.70 bits per heavy atom. The highest BCUT2D eigenvalue weighted by atomic mass is 19.4. The summed E-state index contributed by atoms with van der Waals surface area (Å²) in [6, 6.07) is 2.84. The first kappa shape index (κ1) is 16.0. The molecule has 0 radical (unpaired) electrons. The first-order valence-electron chi connectivity index (χ1n) is 5.83.